The molecule has 0 bridgehead atoms. The van der Waals surface area contributed by atoms with E-state index >= 15 is 0 Å². The van der Waals surface area contributed by atoms with Crippen LogP contribution in [0.15, 0.2) is 24.3 Å². The van der Waals surface area contributed by atoms with Gasteiger partial charge in [-0.25, -0.2) is 0 Å². The summed E-state index contributed by atoms with van der Waals surface area (Å²) in [6.45, 7) is 7.19. The third-order valence-corrected chi connectivity index (χ3v) is 8.52. The average molecular weight is 525 g/mol. The van der Waals surface area contributed by atoms with E-state index in [1.54, 1.807) is 17.0 Å². The molecule has 0 radical (unpaired) electrons. The first-order chi connectivity index (χ1) is 18.3. The van der Waals surface area contributed by atoms with Gasteiger partial charge in [-0.3, -0.25) is 19.2 Å². The number of rotatable bonds is 8. The van der Waals surface area contributed by atoms with Crippen molar-refractivity contribution in [1.82, 2.24) is 15.5 Å². The fourth-order valence-corrected chi connectivity index (χ4v) is 6.57. The van der Waals surface area contributed by atoms with E-state index in [4.69, 9.17) is 4.74 Å². The van der Waals surface area contributed by atoms with Gasteiger partial charge in [-0.15, -0.1) is 0 Å². The van der Waals surface area contributed by atoms with Crippen LogP contribution in [-0.4, -0.2) is 85.3 Å². The van der Waals surface area contributed by atoms with Crippen molar-refractivity contribution in [2.45, 2.75) is 76.5 Å². The van der Waals surface area contributed by atoms with Crippen molar-refractivity contribution in [2.75, 3.05) is 37.7 Å². The van der Waals surface area contributed by atoms with Gasteiger partial charge in [0.1, 0.15) is 12.1 Å². The highest BCUT2D eigenvalue weighted by atomic mass is 16.5. The molecular weight excluding hydrogens is 484 g/mol. The quantitative estimate of drug-likeness (QED) is 0.535. The van der Waals surface area contributed by atoms with Crippen molar-refractivity contribution in [2.24, 2.45) is 11.8 Å². The number of benzene rings is 1. The average Bonchev–Trinajstić information content (AvgIpc) is 3.67. The van der Waals surface area contributed by atoms with Crippen LogP contribution in [0.3, 0.4) is 0 Å². The summed E-state index contributed by atoms with van der Waals surface area (Å²) in [6, 6.07) is 5.12. The highest BCUT2D eigenvalue weighted by Gasteiger charge is 2.54. The van der Waals surface area contributed by atoms with Crippen molar-refractivity contribution in [3.63, 3.8) is 0 Å². The first kappa shape index (κ1) is 26.8. The van der Waals surface area contributed by atoms with Gasteiger partial charge in [0.15, 0.2) is 11.6 Å². The Morgan fingerprint density at radius 3 is 2.42 bits per heavy atom. The van der Waals surface area contributed by atoms with E-state index in [1.807, 2.05) is 26.0 Å². The van der Waals surface area contributed by atoms with Crippen LogP contribution in [-0.2, 0) is 19.1 Å². The van der Waals surface area contributed by atoms with Crippen molar-refractivity contribution in [1.29, 1.82) is 0 Å². The van der Waals surface area contributed by atoms with E-state index in [9.17, 15) is 19.2 Å². The largest absolute Gasteiger partial charge is 0.378 e. The van der Waals surface area contributed by atoms with Crippen LogP contribution < -0.4 is 15.5 Å². The normalized spacial score (nSPS) is 26.6. The summed E-state index contributed by atoms with van der Waals surface area (Å²) in [7, 11) is 0. The minimum Gasteiger partial charge on any atom is -0.378 e. The molecule has 4 unspecified atom stereocenters. The Kier molecular flexibility index (Phi) is 8.14. The van der Waals surface area contributed by atoms with E-state index in [0.717, 1.165) is 44.5 Å². The molecule has 9 nitrogen and oxygen atoms in total. The van der Waals surface area contributed by atoms with E-state index in [-0.39, 0.29) is 47.8 Å². The molecule has 0 aromatic heterocycles. The maximum Gasteiger partial charge on any atom is 0.251 e. The van der Waals surface area contributed by atoms with Crippen molar-refractivity contribution >= 4 is 29.1 Å². The van der Waals surface area contributed by atoms with Gasteiger partial charge >= 0.3 is 0 Å². The molecule has 4 aliphatic rings. The minimum atomic E-state index is -0.813. The lowest BCUT2D eigenvalue weighted by molar-refractivity contribution is -0.145. The zero-order chi connectivity index (χ0) is 26.8. The Bertz CT molecular complexity index is 1050. The van der Waals surface area contributed by atoms with Crippen LogP contribution in [0.25, 0.3) is 0 Å². The number of morpholine rings is 1. The molecule has 4 atom stereocenters. The second kappa shape index (κ2) is 11.5. The number of fused-ring (bicyclic) bond motifs is 1. The molecule has 2 N–H and O–H groups in total. The first-order valence-corrected chi connectivity index (χ1v) is 14.2. The zero-order valence-corrected chi connectivity index (χ0v) is 22.5. The van der Waals surface area contributed by atoms with Gasteiger partial charge in [0.05, 0.1) is 25.8 Å². The number of amides is 2. The summed E-state index contributed by atoms with van der Waals surface area (Å²) in [5, 5.41) is 6.17. The highest BCUT2D eigenvalue weighted by molar-refractivity contribution is 6.02. The van der Waals surface area contributed by atoms with Gasteiger partial charge in [-0.2, -0.15) is 0 Å². The Labute approximate surface area is 224 Å². The maximum atomic E-state index is 14.1. The number of hydrogen-bond acceptors (Lipinski definition) is 7. The highest BCUT2D eigenvalue weighted by Crippen LogP contribution is 2.35. The molecule has 3 saturated heterocycles. The summed E-state index contributed by atoms with van der Waals surface area (Å²) in [5.41, 5.74) is 1.50. The molecule has 4 fully saturated rings. The minimum absolute atomic E-state index is 0.0488. The zero-order valence-electron chi connectivity index (χ0n) is 22.5. The molecule has 9 heteroatoms. The number of likely N-dealkylation sites (tertiary alicyclic amines) is 1. The van der Waals surface area contributed by atoms with Gasteiger partial charge in [0, 0.05) is 36.3 Å². The van der Waals surface area contributed by atoms with Crippen LogP contribution in [0.1, 0.15) is 62.7 Å². The second-order valence-corrected chi connectivity index (χ2v) is 11.6. The van der Waals surface area contributed by atoms with Gasteiger partial charge in [-0.05, 0) is 55.9 Å². The van der Waals surface area contributed by atoms with Crippen molar-refractivity contribution in [3.05, 3.63) is 29.8 Å². The maximum absolute atomic E-state index is 14.1. The van der Waals surface area contributed by atoms with Gasteiger partial charge in [-0.1, -0.05) is 26.7 Å². The lowest BCUT2D eigenvalue weighted by Gasteiger charge is -2.33. The van der Waals surface area contributed by atoms with Gasteiger partial charge < -0.3 is 25.2 Å². The number of nitrogens with one attached hydrogen (secondary N) is 2. The van der Waals surface area contributed by atoms with Crippen molar-refractivity contribution < 1.29 is 23.9 Å². The fourth-order valence-electron chi connectivity index (χ4n) is 6.57. The Morgan fingerprint density at radius 1 is 1.08 bits per heavy atom. The smallest absolute Gasteiger partial charge is 0.251 e. The summed E-state index contributed by atoms with van der Waals surface area (Å²) < 4.78 is 5.42. The molecule has 0 spiro atoms. The molecule has 3 aliphatic heterocycles. The lowest BCUT2D eigenvalue weighted by Crippen LogP contribution is -2.56. The predicted molar refractivity (Wildman–Crippen MR) is 143 cm³/mol. The number of Topliss-reactive ketones (excluding diaryl/α,β-unsaturated/α-hetero) is 2. The number of carbonyl (C=O) groups is 4. The molecule has 1 saturated carbocycles. The molecule has 5 rings (SSSR count). The van der Waals surface area contributed by atoms with Crippen LogP contribution in [0.5, 0.6) is 0 Å². The van der Waals surface area contributed by atoms with Crippen molar-refractivity contribution in [3.8, 4) is 0 Å². The number of nitrogens with zero attached hydrogens (tertiary/aromatic N) is 2. The molecule has 2 amide bonds. The third-order valence-electron chi connectivity index (χ3n) is 8.52. The van der Waals surface area contributed by atoms with Crippen LogP contribution >= 0.6 is 0 Å². The summed E-state index contributed by atoms with van der Waals surface area (Å²) in [6.07, 6.45) is 4.63. The van der Waals surface area contributed by atoms with Crippen LogP contribution in [0.4, 0.5) is 5.69 Å². The fraction of sp³-hybridized carbons (Fsp3) is 0.655. The number of ketones is 2. The Balaban J connectivity index is 1.34. The van der Waals surface area contributed by atoms with Gasteiger partial charge in [0.2, 0.25) is 5.91 Å². The molecule has 206 valence electrons. The summed E-state index contributed by atoms with van der Waals surface area (Å²) >= 11 is 0. The Hall–Kier alpha value is -2.78. The lowest BCUT2D eigenvalue weighted by atomic mass is 9.94. The Morgan fingerprint density at radius 2 is 1.76 bits per heavy atom. The number of anilines is 1. The first-order valence-electron chi connectivity index (χ1n) is 14.2. The molecular formula is C29H40N4O5. The number of hydrogen-bond donors (Lipinski definition) is 2. The monoisotopic (exact) mass is 524 g/mol. The molecule has 38 heavy (non-hydrogen) atoms. The van der Waals surface area contributed by atoms with E-state index < -0.39 is 18.1 Å². The summed E-state index contributed by atoms with van der Waals surface area (Å²) in [5.74, 6) is -0.549. The third kappa shape index (κ3) is 5.50. The SMILES string of the molecule is CC(C)CC(NC(=O)c1ccc(N2CCOCC2)cc1)C(=O)N1C(C(=O)C2CCCC2)CC2NCC(=O)C21. The standard InChI is InChI=1S/C29H40N4O5/c1-18(2)15-23(31-28(36)20-7-9-21(10-8-20)32-11-13-38-14-12-32)29(37)33-24(27(35)19-5-3-4-6-19)16-22-26(33)25(34)17-30-22/h7-10,18-19,22-24,26,30H,3-6,11-17H2,1-2H3,(H,31,36). The number of carbonyl (C=O) groups excluding carboxylic acids is 4. The van der Waals surface area contributed by atoms with Crippen LogP contribution in [0, 0.1) is 11.8 Å². The molecule has 1 aliphatic carbocycles. The van der Waals surface area contributed by atoms with Crippen LogP contribution in [0.2, 0.25) is 0 Å². The van der Waals surface area contributed by atoms with E-state index in [0.29, 0.717) is 31.6 Å². The van der Waals surface area contributed by atoms with Gasteiger partial charge in [0.25, 0.3) is 5.91 Å². The second-order valence-electron chi connectivity index (χ2n) is 11.6. The summed E-state index contributed by atoms with van der Waals surface area (Å²) in [4.78, 5) is 57.5. The topological polar surface area (TPSA) is 108 Å². The predicted octanol–water partition coefficient (Wildman–Crippen LogP) is 1.94. The molecule has 3 heterocycles. The number of ether oxygens (including phenoxy) is 1. The van der Waals surface area contributed by atoms with E-state index in [1.165, 1.54) is 0 Å². The van der Waals surface area contributed by atoms with E-state index in [2.05, 4.69) is 15.5 Å². The molecule has 1 aromatic carbocycles. The molecule has 1 aromatic rings.